The highest BCUT2D eigenvalue weighted by molar-refractivity contribution is 5.97. The Bertz CT molecular complexity index is 303. The van der Waals surface area contributed by atoms with Crippen LogP contribution in [0.25, 0.3) is 0 Å². The molecular formula is C11H16O5. The van der Waals surface area contributed by atoms with Gasteiger partial charge in [-0.2, -0.15) is 0 Å². The molecule has 0 radical (unpaired) electrons. The van der Waals surface area contributed by atoms with E-state index in [1.54, 1.807) is 6.92 Å². The monoisotopic (exact) mass is 228 g/mol. The van der Waals surface area contributed by atoms with Crippen molar-refractivity contribution in [1.82, 2.24) is 0 Å². The molecule has 0 aliphatic rings. The second kappa shape index (κ2) is 7.62. The van der Waals surface area contributed by atoms with Crippen molar-refractivity contribution >= 4 is 17.7 Å². The summed E-state index contributed by atoms with van der Waals surface area (Å²) in [7, 11) is 0. The summed E-state index contributed by atoms with van der Waals surface area (Å²) in [4.78, 5) is 33.0. The number of carbonyl (C=O) groups excluding carboxylic acids is 3. The first-order valence-corrected chi connectivity index (χ1v) is 5.04. The van der Waals surface area contributed by atoms with E-state index in [1.165, 1.54) is 13.0 Å². The molecule has 0 N–H and O–H groups in total. The van der Waals surface area contributed by atoms with E-state index in [1.807, 2.05) is 6.92 Å². The van der Waals surface area contributed by atoms with Crippen LogP contribution >= 0.6 is 0 Å². The van der Waals surface area contributed by atoms with E-state index >= 15 is 0 Å². The Morgan fingerprint density at radius 1 is 1.25 bits per heavy atom. The van der Waals surface area contributed by atoms with Crippen molar-refractivity contribution in [3.8, 4) is 0 Å². The number of Topliss-reactive ketones (excluding diaryl/α,β-unsaturated/α-hetero) is 1. The van der Waals surface area contributed by atoms with Crippen LogP contribution in [0.2, 0.25) is 0 Å². The lowest BCUT2D eigenvalue weighted by Crippen LogP contribution is -2.16. The Labute approximate surface area is 94.4 Å². The van der Waals surface area contributed by atoms with Gasteiger partial charge in [0, 0.05) is 0 Å². The maximum absolute atomic E-state index is 11.3. The van der Waals surface area contributed by atoms with Crippen LogP contribution in [0.4, 0.5) is 0 Å². The van der Waals surface area contributed by atoms with Gasteiger partial charge in [-0.3, -0.25) is 9.59 Å². The average molecular weight is 228 g/mol. The van der Waals surface area contributed by atoms with Gasteiger partial charge in [-0.25, -0.2) is 4.79 Å². The van der Waals surface area contributed by atoms with Crippen LogP contribution in [-0.4, -0.2) is 24.3 Å². The molecule has 0 saturated heterocycles. The van der Waals surface area contributed by atoms with Gasteiger partial charge in [0.1, 0.15) is 12.2 Å². The molecule has 0 rings (SSSR count). The second-order valence-corrected chi connectivity index (χ2v) is 3.14. The van der Waals surface area contributed by atoms with Gasteiger partial charge in [0.25, 0.3) is 0 Å². The molecule has 0 unspecified atom stereocenters. The predicted octanol–water partition coefficient (Wildman–Crippen LogP) is 1.37. The Balaban J connectivity index is 4.25. The third-order valence-corrected chi connectivity index (χ3v) is 1.52. The fraction of sp³-hybridized carbons (Fsp3) is 0.545. The number of carbonyl (C=O) groups is 3. The van der Waals surface area contributed by atoms with Crippen molar-refractivity contribution in [2.45, 2.75) is 33.6 Å². The minimum atomic E-state index is -0.756. The van der Waals surface area contributed by atoms with Gasteiger partial charge in [-0.1, -0.05) is 6.92 Å². The third kappa shape index (κ3) is 5.95. The molecule has 0 fully saturated rings. The molecule has 0 aliphatic carbocycles. The van der Waals surface area contributed by atoms with Gasteiger partial charge < -0.3 is 9.47 Å². The summed E-state index contributed by atoms with van der Waals surface area (Å²) in [6.45, 7) is 4.93. The first kappa shape index (κ1) is 14.3. The average Bonchev–Trinajstić information content (AvgIpc) is 2.21. The highest BCUT2D eigenvalue weighted by atomic mass is 16.6. The molecule has 5 nitrogen and oxygen atoms in total. The maximum Gasteiger partial charge on any atom is 0.374 e. The van der Waals surface area contributed by atoms with Crippen LogP contribution in [0.5, 0.6) is 0 Å². The number of hydrogen-bond donors (Lipinski definition) is 0. The molecule has 0 amide bonds. The predicted molar refractivity (Wildman–Crippen MR) is 56.4 cm³/mol. The zero-order valence-electron chi connectivity index (χ0n) is 9.74. The first-order valence-electron chi connectivity index (χ1n) is 5.04. The summed E-state index contributed by atoms with van der Waals surface area (Å²) in [6, 6.07) is 0. The van der Waals surface area contributed by atoms with Crippen molar-refractivity contribution < 1.29 is 23.9 Å². The maximum atomic E-state index is 11.3. The minimum absolute atomic E-state index is 0.181. The van der Waals surface area contributed by atoms with E-state index in [-0.39, 0.29) is 24.6 Å². The van der Waals surface area contributed by atoms with Gasteiger partial charge in [0.15, 0.2) is 0 Å². The van der Waals surface area contributed by atoms with E-state index in [0.717, 1.165) is 0 Å². The molecule has 0 aromatic rings. The smallest absolute Gasteiger partial charge is 0.374 e. The topological polar surface area (TPSA) is 69.7 Å². The van der Waals surface area contributed by atoms with E-state index in [4.69, 9.17) is 9.47 Å². The lowest BCUT2D eigenvalue weighted by molar-refractivity contribution is -0.152. The van der Waals surface area contributed by atoms with E-state index in [2.05, 4.69) is 0 Å². The lowest BCUT2D eigenvalue weighted by atomic mass is 10.3. The van der Waals surface area contributed by atoms with Crippen molar-refractivity contribution in [1.29, 1.82) is 0 Å². The van der Waals surface area contributed by atoms with E-state index < -0.39 is 11.9 Å². The summed E-state index contributed by atoms with van der Waals surface area (Å²) in [5.74, 6) is -1.95. The number of esters is 2. The number of ether oxygens (including phenoxy) is 2. The van der Waals surface area contributed by atoms with E-state index in [0.29, 0.717) is 6.42 Å². The zero-order valence-corrected chi connectivity index (χ0v) is 9.74. The molecule has 5 heteroatoms. The fourth-order valence-corrected chi connectivity index (χ4v) is 0.846. The standard InChI is InChI=1S/C11H16O5/c1-4-6-15-11(14)9(5-2)16-10(13)7-8(3)12/h5H,4,6-7H2,1-3H3. The lowest BCUT2D eigenvalue weighted by Gasteiger charge is -2.07. The fourth-order valence-electron chi connectivity index (χ4n) is 0.846. The Morgan fingerprint density at radius 3 is 2.31 bits per heavy atom. The van der Waals surface area contributed by atoms with Crippen LogP contribution in [-0.2, 0) is 23.9 Å². The van der Waals surface area contributed by atoms with Gasteiger partial charge in [0.05, 0.1) is 6.61 Å². The SMILES string of the molecule is CC=C(OC(=O)CC(C)=O)C(=O)OCCC. The quantitative estimate of drug-likeness (QED) is 0.297. The van der Waals surface area contributed by atoms with Crippen LogP contribution in [0.3, 0.4) is 0 Å². The van der Waals surface area contributed by atoms with Crippen LogP contribution in [0, 0.1) is 0 Å². The summed E-state index contributed by atoms with van der Waals surface area (Å²) < 4.78 is 9.48. The van der Waals surface area contributed by atoms with Crippen molar-refractivity contribution in [2.75, 3.05) is 6.61 Å². The molecular weight excluding hydrogens is 212 g/mol. The molecule has 0 aromatic heterocycles. The Morgan fingerprint density at radius 2 is 1.88 bits per heavy atom. The second-order valence-electron chi connectivity index (χ2n) is 3.14. The van der Waals surface area contributed by atoms with Crippen molar-refractivity contribution in [3.05, 3.63) is 11.8 Å². The summed E-state index contributed by atoms with van der Waals surface area (Å²) >= 11 is 0. The number of hydrogen-bond acceptors (Lipinski definition) is 5. The number of rotatable bonds is 6. The molecule has 16 heavy (non-hydrogen) atoms. The highest BCUT2D eigenvalue weighted by Gasteiger charge is 2.16. The molecule has 0 heterocycles. The molecule has 0 spiro atoms. The molecule has 0 saturated carbocycles. The number of allylic oxidation sites excluding steroid dienone is 1. The Hall–Kier alpha value is -1.65. The van der Waals surface area contributed by atoms with Gasteiger partial charge in [-0.15, -0.1) is 0 Å². The largest absolute Gasteiger partial charge is 0.460 e. The highest BCUT2D eigenvalue weighted by Crippen LogP contribution is 2.03. The van der Waals surface area contributed by atoms with Crippen molar-refractivity contribution in [2.24, 2.45) is 0 Å². The normalized spacial score (nSPS) is 10.8. The van der Waals surface area contributed by atoms with Gasteiger partial charge in [0.2, 0.25) is 5.76 Å². The summed E-state index contributed by atoms with van der Waals surface area (Å²) in [5, 5.41) is 0. The van der Waals surface area contributed by atoms with Gasteiger partial charge in [-0.05, 0) is 26.3 Å². The molecule has 0 aromatic carbocycles. The molecule has 90 valence electrons. The first-order chi connectivity index (χ1) is 7.51. The van der Waals surface area contributed by atoms with Crippen LogP contribution in [0.15, 0.2) is 11.8 Å². The van der Waals surface area contributed by atoms with Crippen LogP contribution in [0.1, 0.15) is 33.6 Å². The van der Waals surface area contributed by atoms with Crippen LogP contribution < -0.4 is 0 Å². The third-order valence-electron chi connectivity index (χ3n) is 1.52. The summed E-state index contributed by atoms with van der Waals surface area (Å²) in [6.07, 6.45) is 1.67. The Kier molecular flexibility index (Phi) is 6.83. The zero-order chi connectivity index (χ0) is 12.6. The summed E-state index contributed by atoms with van der Waals surface area (Å²) in [5.41, 5.74) is 0. The molecule has 0 aliphatic heterocycles. The van der Waals surface area contributed by atoms with Crippen molar-refractivity contribution in [3.63, 3.8) is 0 Å². The van der Waals surface area contributed by atoms with Gasteiger partial charge >= 0.3 is 11.9 Å². The number of ketones is 1. The minimum Gasteiger partial charge on any atom is -0.460 e. The molecule has 0 atom stereocenters. The molecule has 0 bridgehead atoms. The van der Waals surface area contributed by atoms with E-state index in [9.17, 15) is 14.4 Å².